The highest BCUT2D eigenvalue weighted by Gasteiger charge is 2.27. The Morgan fingerprint density at radius 3 is 2.21 bits per heavy atom. The first-order chi connectivity index (χ1) is 14.0. The molecular weight excluding hydrogens is 378 g/mol. The van der Waals surface area contributed by atoms with Crippen LogP contribution in [-0.2, 0) is 0 Å². The van der Waals surface area contributed by atoms with Gasteiger partial charge >= 0.3 is 0 Å². The summed E-state index contributed by atoms with van der Waals surface area (Å²) in [5.41, 5.74) is 1.02. The van der Waals surface area contributed by atoms with Crippen LogP contribution < -0.4 is 19.1 Å². The van der Waals surface area contributed by atoms with Crippen molar-refractivity contribution < 1.29 is 23.9 Å². The summed E-state index contributed by atoms with van der Waals surface area (Å²) in [6, 6.07) is 9.85. The molecule has 0 atom stereocenters. The topological polar surface area (TPSA) is 94.4 Å². The SMILES string of the molecule is COc1ccc(N2CCN(C(=O)c3ccc(OC)c(OC)c3)CC2)c([N+](=O)[O-])c1. The molecule has 2 aromatic rings. The lowest BCUT2D eigenvalue weighted by Gasteiger charge is -2.36. The fraction of sp³-hybridized carbons (Fsp3) is 0.350. The van der Waals surface area contributed by atoms with E-state index < -0.39 is 4.92 Å². The molecule has 0 N–H and O–H groups in total. The summed E-state index contributed by atoms with van der Waals surface area (Å²) >= 11 is 0. The van der Waals surface area contributed by atoms with Crippen molar-refractivity contribution in [3.8, 4) is 17.2 Å². The molecule has 0 aromatic heterocycles. The molecule has 1 heterocycles. The first-order valence-corrected chi connectivity index (χ1v) is 9.07. The van der Waals surface area contributed by atoms with Gasteiger partial charge in [-0.25, -0.2) is 0 Å². The van der Waals surface area contributed by atoms with E-state index in [2.05, 4.69) is 0 Å². The quantitative estimate of drug-likeness (QED) is 0.542. The van der Waals surface area contributed by atoms with Crippen LogP contribution in [0.25, 0.3) is 0 Å². The largest absolute Gasteiger partial charge is 0.496 e. The number of rotatable bonds is 6. The molecule has 2 aromatic carbocycles. The smallest absolute Gasteiger partial charge is 0.296 e. The molecule has 9 nitrogen and oxygen atoms in total. The van der Waals surface area contributed by atoms with Gasteiger partial charge in [-0.2, -0.15) is 0 Å². The number of carbonyl (C=O) groups is 1. The zero-order chi connectivity index (χ0) is 21.0. The van der Waals surface area contributed by atoms with Crippen molar-refractivity contribution in [1.82, 2.24) is 4.90 Å². The summed E-state index contributed by atoms with van der Waals surface area (Å²) in [5.74, 6) is 1.36. The fourth-order valence-electron chi connectivity index (χ4n) is 3.35. The van der Waals surface area contributed by atoms with Gasteiger partial charge in [0, 0.05) is 31.7 Å². The number of methoxy groups -OCH3 is 3. The van der Waals surface area contributed by atoms with E-state index in [9.17, 15) is 14.9 Å². The van der Waals surface area contributed by atoms with Crippen molar-refractivity contribution in [3.05, 3.63) is 52.1 Å². The lowest BCUT2D eigenvalue weighted by Crippen LogP contribution is -2.49. The molecule has 0 aliphatic carbocycles. The Morgan fingerprint density at radius 1 is 0.931 bits per heavy atom. The zero-order valence-electron chi connectivity index (χ0n) is 16.6. The second-order valence-corrected chi connectivity index (χ2v) is 6.46. The Labute approximate surface area is 168 Å². The number of piperazine rings is 1. The van der Waals surface area contributed by atoms with E-state index in [4.69, 9.17) is 14.2 Å². The lowest BCUT2D eigenvalue weighted by molar-refractivity contribution is -0.384. The van der Waals surface area contributed by atoms with Crippen molar-refractivity contribution >= 4 is 17.3 Å². The summed E-state index contributed by atoms with van der Waals surface area (Å²) in [6.07, 6.45) is 0. The summed E-state index contributed by atoms with van der Waals surface area (Å²) < 4.78 is 15.6. The third-order valence-corrected chi connectivity index (χ3v) is 4.92. The van der Waals surface area contributed by atoms with Gasteiger partial charge in [-0.15, -0.1) is 0 Å². The number of carbonyl (C=O) groups excluding carboxylic acids is 1. The van der Waals surface area contributed by atoms with Gasteiger partial charge in [-0.1, -0.05) is 0 Å². The Kier molecular flexibility index (Phi) is 6.06. The number of nitrogens with zero attached hydrogens (tertiary/aromatic N) is 3. The number of benzene rings is 2. The zero-order valence-corrected chi connectivity index (χ0v) is 16.6. The van der Waals surface area contributed by atoms with Gasteiger partial charge in [-0.3, -0.25) is 14.9 Å². The van der Waals surface area contributed by atoms with E-state index in [1.165, 1.54) is 27.4 Å². The van der Waals surface area contributed by atoms with E-state index in [0.717, 1.165) is 0 Å². The molecular formula is C20H23N3O6. The molecule has 1 aliphatic rings. The van der Waals surface area contributed by atoms with E-state index in [-0.39, 0.29) is 11.6 Å². The minimum Gasteiger partial charge on any atom is -0.496 e. The highest BCUT2D eigenvalue weighted by Crippen LogP contribution is 2.33. The van der Waals surface area contributed by atoms with Gasteiger partial charge in [-0.05, 0) is 30.3 Å². The van der Waals surface area contributed by atoms with Crippen LogP contribution in [0.4, 0.5) is 11.4 Å². The fourth-order valence-corrected chi connectivity index (χ4v) is 3.35. The molecule has 1 fully saturated rings. The molecule has 0 unspecified atom stereocenters. The van der Waals surface area contributed by atoms with Crippen LogP contribution in [0.15, 0.2) is 36.4 Å². The van der Waals surface area contributed by atoms with E-state index in [1.54, 1.807) is 35.2 Å². The number of amides is 1. The van der Waals surface area contributed by atoms with Gasteiger partial charge in [0.2, 0.25) is 0 Å². The van der Waals surface area contributed by atoms with E-state index in [1.807, 2.05) is 4.90 Å². The second-order valence-electron chi connectivity index (χ2n) is 6.46. The number of nitro benzene ring substituents is 1. The molecule has 154 valence electrons. The highest BCUT2D eigenvalue weighted by atomic mass is 16.6. The van der Waals surface area contributed by atoms with Crippen LogP contribution in [0.1, 0.15) is 10.4 Å². The van der Waals surface area contributed by atoms with Gasteiger partial charge in [0.25, 0.3) is 11.6 Å². The molecule has 0 saturated carbocycles. The average Bonchev–Trinajstić information content (AvgIpc) is 2.77. The number of nitro groups is 1. The Morgan fingerprint density at radius 2 is 1.62 bits per heavy atom. The van der Waals surface area contributed by atoms with Crippen molar-refractivity contribution in [3.63, 3.8) is 0 Å². The third-order valence-electron chi connectivity index (χ3n) is 4.92. The van der Waals surface area contributed by atoms with Crippen molar-refractivity contribution in [2.45, 2.75) is 0 Å². The molecule has 9 heteroatoms. The van der Waals surface area contributed by atoms with Gasteiger partial charge in [0.05, 0.1) is 32.3 Å². The minimum absolute atomic E-state index is 0.0102. The molecule has 0 bridgehead atoms. The summed E-state index contributed by atoms with van der Waals surface area (Å²) in [6.45, 7) is 1.89. The summed E-state index contributed by atoms with van der Waals surface area (Å²) in [5, 5.41) is 11.4. The number of hydrogen-bond acceptors (Lipinski definition) is 7. The highest BCUT2D eigenvalue weighted by molar-refractivity contribution is 5.95. The monoisotopic (exact) mass is 401 g/mol. The lowest BCUT2D eigenvalue weighted by atomic mass is 10.1. The molecule has 3 rings (SSSR count). The van der Waals surface area contributed by atoms with Crippen molar-refractivity contribution in [2.75, 3.05) is 52.4 Å². The predicted octanol–water partition coefficient (Wildman–Crippen LogP) is 2.58. The number of ether oxygens (including phenoxy) is 3. The third kappa shape index (κ3) is 4.18. The van der Waals surface area contributed by atoms with Gasteiger partial charge in [0.1, 0.15) is 11.4 Å². The maximum absolute atomic E-state index is 12.9. The van der Waals surface area contributed by atoms with Crippen molar-refractivity contribution in [1.29, 1.82) is 0 Å². The van der Waals surface area contributed by atoms with Crippen LogP contribution in [0.3, 0.4) is 0 Å². The van der Waals surface area contributed by atoms with Gasteiger partial charge < -0.3 is 24.0 Å². The molecule has 0 spiro atoms. The minimum atomic E-state index is -0.418. The normalized spacial score (nSPS) is 13.8. The first kappa shape index (κ1) is 20.2. The standard InChI is InChI=1S/C20H23N3O6/c1-27-15-5-6-16(17(13-15)23(25)26)21-8-10-22(11-9-21)20(24)14-4-7-18(28-2)19(12-14)29-3/h4-7,12-13H,8-11H2,1-3H3. The Bertz CT molecular complexity index is 909. The van der Waals surface area contributed by atoms with E-state index in [0.29, 0.717) is 54.7 Å². The summed E-state index contributed by atoms with van der Waals surface area (Å²) in [7, 11) is 4.53. The Balaban J connectivity index is 1.72. The maximum Gasteiger partial charge on any atom is 0.296 e. The molecule has 1 saturated heterocycles. The Hall–Kier alpha value is -3.49. The first-order valence-electron chi connectivity index (χ1n) is 9.07. The van der Waals surface area contributed by atoms with Crippen molar-refractivity contribution in [2.24, 2.45) is 0 Å². The van der Waals surface area contributed by atoms with Crippen LogP contribution >= 0.6 is 0 Å². The van der Waals surface area contributed by atoms with Crippen LogP contribution in [-0.4, -0.2) is 63.2 Å². The number of anilines is 1. The number of hydrogen-bond donors (Lipinski definition) is 0. The van der Waals surface area contributed by atoms with Crippen LogP contribution in [0.5, 0.6) is 17.2 Å². The molecule has 29 heavy (non-hydrogen) atoms. The second kappa shape index (κ2) is 8.68. The molecule has 1 aliphatic heterocycles. The average molecular weight is 401 g/mol. The molecule has 1 amide bonds. The summed E-state index contributed by atoms with van der Waals surface area (Å²) in [4.78, 5) is 27.5. The predicted molar refractivity (Wildman–Crippen MR) is 107 cm³/mol. The van der Waals surface area contributed by atoms with Crippen LogP contribution in [0.2, 0.25) is 0 Å². The van der Waals surface area contributed by atoms with E-state index >= 15 is 0 Å². The maximum atomic E-state index is 12.9. The van der Waals surface area contributed by atoms with Crippen LogP contribution in [0, 0.1) is 10.1 Å². The van der Waals surface area contributed by atoms with Gasteiger partial charge in [0.15, 0.2) is 11.5 Å². The molecule has 0 radical (unpaired) electrons.